The van der Waals surface area contributed by atoms with Gasteiger partial charge in [-0.15, -0.1) is 0 Å². The molecule has 0 unspecified atom stereocenters. The van der Waals surface area contributed by atoms with Crippen LogP contribution in [0.4, 0.5) is 5.69 Å². The summed E-state index contributed by atoms with van der Waals surface area (Å²) < 4.78 is 27.8. The molecule has 9 heteroatoms. The van der Waals surface area contributed by atoms with Crippen LogP contribution in [0.3, 0.4) is 0 Å². The monoisotopic (exact) mass is 442 g/mol. The first-order valence-corrected chi connectivity index (χ1v) is 11.9. The second-order valence-corrected chi connectivity index (χ2v) is 9.88. The van der Waals surface area contributed by atoms with Crippen molar-refractivity contribution in [3.63, 3.8) is 0 Å². The lowest BCUT2D eigenvalue weighted by Crippen LogP contribution is -2.36. The average Bonchev–Trinajstić information content (AvgIpc) is 3.54. The number of hydrogen-bond acceptors (Lipinski definition) is 5. The first-order chi connectivity index (χ1) is 14.8. The minimum atomic E-state index is -3.75. The molecule has 1 saturated carbocycles. The summed E-state index contributed by atoms with van der Waals surface area (Å²) in [4.78, 5) is 30.5. The molecule has 0 radical (unpaired) electrons. The fraction of sp³-hybridized carbons (Fsp3) is 0.409. The number of aromatic nitrogens is 1. The molecule has 1 aliphatic heterocycles. The topological polar surface area (TPSA) is 108 Å². The molecule has 164 valence electrons. The van der Waals surface area contributed by atoms with Gasteiger partial charge in [-0.1, -0.05) is 6.07 Å². The lowest BCUT2D eigenvalue weighted by molar-refractivity contribution is -0.121. The molecule has 2 aromatic rings. The summed E-state index contributed by atoms with van der Waals surface area (Å²) in [6.45, 7) is 2.33. The summed E-state index contributed by atoms with van der Waals surface area (Å²) in [6.07, 6.45) is 5.85. The van der Waals surface area contributed by atoms with Crippen molar-refractivity contribution in [1.29, 1.82) is 0 Å². The summed E-state index contributed by atoms with van der Waals surface area (Å²) in [5, 5.41) is 2.74. The highest BCUT2D eigenvalue weighted by molar-refractivity contribution is 7.89. The van der Waals surface area contributed by atoms with E-state index in [1.165, 1.54) is 6.07 Å². The molecule has 1 aliphatic carbocycles. The maximum Gasteiger partial charge on any atom is 0.240 e. The molecule has 1 fully saturated rings. The van der Waals surface area contributed by atoms with Gasteiger partial charge in [0.1, 0.15) is 0 Å². The van der Waals surface area contributed by atoms with E-state index in [9.17, 15) is 18.0 Å². The minimum absolute atomic E-state index is 0.000977. The number of benzene rings is 1. The third-order valence-electron chi connectivity index (χ3n) is 5.60. The second-order valence-electron chi connectivity index (χ2n) is 8.11. The lowest BCUT2D eigenvalue weighted by Gasteiger charge is -2.22. The van der Waals surface area contributed by atoms with E-state index < -0.39 is 10.0 Å². The number of nitrogens with zero attached hydrogens (tertiary/aromatic N) is 2. The Bertz CT molecular complexity index is 1080. The summed E-state index contributed by atoms with van der Waals surface area (Å²) in [7, 11) is -3.75. The van der Waals surface area contributed by atoms with Gasteiger partial charge in [0.25, 0.3) is 0 Å². The van der Waals surface area contributed by atoms with Crippen molar-refractivity contribution < 1.29 is 18.0 Å². The fourth-order valence-electron chi connectivity index (χ4n) is 3.81. The van der Waals surface area contributed by atoms with Crippen molar-refractivity contribution in [2.45, 2.75) is 50.1 Å². The summed E-state index contributed by atoms with van der Waals surface area (Å²) in [6, 6.07) is 8.54. The summed E-state index contributed by atoms with van der Waals surface area (Å²) >= 11 is 0. The number of nitrogens with one attached hydrogen (secondary N) is 2. The molecule has 1 aromatic carbocycles. The predicted molar refractivity (Wildman–Crippen MR) is 116 cm³/mol. The number of carbonyl (C=O) groups excluding carboxylic acids is 2. The number of pyridine rings is 1. The summed E-state index contributed by atoms with van der Waals surface area (Å²) in [5.41, 5.74) is 2.54. The van der Waals surface area contributed by atoms with Gasteiger partial charge in [-0.25, -0.2) is 13.1 Å². The molecule has 8 nitrogen and oxygen atoms in total. The fourth-order valence-corrected chi connectivity index (χ4v) is 4.89. The van der Waals surface area contributed by atoms with E-state index in [2.05, 4.69) is 15.0 Å². The van der Waals surface area contributed by atoms with Crippen LogP contribution in [0.5, 0.6) is 0 Å². The van der Waals surface area contributed by atoms with Crippen molar-refractivity contribution in [2.75, 3.05) is 11.4 Å². The highest BCUT2D eigenvalue weighted by atomic mass is 32.2. The largest absolute Gasteiger partial charge is 0.352 e. The zero-order valence-corrected chi connectivity index (χ0v) is 18.2. The van der Waals surface area contributed by atoms with Crippen LogP contribution in [0.1, 0.15) is 37.3 Å². The minimum Gasteiger partial charge on any atom is -0.352 e. The van der Waals surface area contributed by atoms with Gasteiger partial charge in [0, 0.05) is 49.6 Å². The Hall–Kier alpha value is -2.78. The van der Waals surface area contributed by atoms with Gasteiger partial charge < -0.3 is 10.2 Å². The third-order valence-corrected chi connectivity index (χ3v) is 7.06. The molecule has 0 bridgehead atoms. The zero-order chi connectivity index (χ0) is 22.0. The van der Waals surface area contributed by atoms with E-state index in [1.54, 1.807) is 30.6 Å². The molecule has 0 spiro atoms. The van der Waals surface area contributed by atoms with Crippen LogP contribution in [-0.2, 0) is 32.6 Å². The number of amides is 2. The van der Waals surface area contributed by atoms with E-state index in [1.807, 2.05) is 17.9 Å². The molecule has 2 heterocycles. The SMILES string of the molecule is C[C@@H]1Cc2cc(S(=O)(=O)NCCC(=O)NCc3cccnc3)ccc2N1C(=O)C1CC1. The first-order valence-electron chi connectivity index (χ1n) is 10.5. The lowest BCUT2D eigenvalue weighted by atomic mass is 10.1. The van der Waals surface area contributed by atoms with Crippen molar-refractivity contribution in [3.05, 3.63) is 53.9 Å². The van der Waals surface area contributed by atoms with Gasteiger partial charge in [-0.05, 0) is 61.6 Å². The molecule has 2 amide bonds. The van der Waals surface area contributed by atoms with E-state index in [0.29, 0.717) is 13.0 Å². The van der Waals surface area contributed by atoms with Gasteiger partial charge in [0.15, 0.2) is 0 Å². The van der Waals surface area contributed by atoms with Gasteiger partial charge in [-0.2, -0.15) is 0 Å². The van der Waals surface area contributed by atoms with Crippen molar-refractivity contribution in [3.8, 4) is 0 Å². The average molecular weight is 443 g/mol. The Balaban J connectivity index is 1.33. The Morgan fingerprint density at radius 2 is 2.03 bits per heavy atom. The second kappa shape index (κ2) is 8.76. The van der Waals surface area contributed by atoms with Crippen molar-refractivity contribution >= 4 is 27.5 Å². The van der Waals surface area contributed by atoms with Crippen molar-refractivity contribution in [1.82, 2.24) is 15.0 Å². The maximum absolute atomic E-state index is 12.7. The zero-order valence-electron chi connectivity index (χ0n) is 17.4. The Morgan fingerprint density at radius 1 is 1.23 bits per heavy atom. The predicted octanol–water partition coefficient (Wildman–Crippen LogP) is 1.75. The standard InChI is InChI=1S/C22H26N4O4S/c1-15-11-18-12-19(6-7-20(18)26(15)22(28)17-4-5-17)31(29,30)25-10-8-21(27)24-14-16-3-2-9-23-13-16/h2-3,6-7,9,12-13,15,17,25H,4-5,8,10-11,14H2,1H3,(H,24,27)/t15-/m1/s1. The molecule has 0 saturated heterocycles. The molecule has 4 rings (SSSR count). The number of hydrogen-bond donors (Lipinski definition) is 2. The highest BCUT2D eigenvalue weighted by Crippen LogP contribution is 2.39. The molecular formula is C22H26N4O4S. The number of carbonyl (C=O) groups is 2. The smallest absolute Gasteiger partial charge is 0.240 e. The maximum atomic E-state index is 12.7. The van der Waals surface area contributed by atoms with E-state index in [0.717, 1.165) is 29.7 Å². The van der Waals surface area contributed by atoms with Crippen molar-refractivity contribution in [2.24, 2.45) is 5.92 Å². The molecule has 1 atom stereocenters. The van der Waals surface area contributed by atoms with Crippen LogP contribution in [0.2, 0.25) is 0 Å². The van der Waals surface area contributed by atoms with Crippen LogP contribution in [0, 0.1) is 5.92 Å². The Kier molecular flexibility index (Phi) is 6.06. The van der Waals surface area contributed by atoms with E-state index in [4.69, 9.17) is 0 Å². The third kappa shape index (κ3) is 4.94. The molecular weight excluding hydrogens is 416 g/mol. The van der Waals surface area contributed by atoms with Crippen LogP contribution in [0.25, 0.3) is 0 Å². The van der Waals surface area contributed by atoms with Crippen LogP contribution < -0.4 is 14.9 Å². The highest BCUT2D eigenvalue weighted by Gasteiger charge is 2.39. The number of sulfonamides is 1. The molecule has 2 aliphatic rings. The normalized spacial score (nSPS) is 18.0. The summed E-state index contributed by atoms with van der Waals surface area (Å²) in [5.74, 6) is 0.00335. The number of anilines is 1. The molecule has 2 N–H and O–H groups in total. The number of fused-ring (bicyclic) bond motifs is 1. The number of rotatable bonds is 8. The Morgan fingerprint density at radius 3 is 2.74 bits per heavy atom. The molecule has 1 aromatic heterocycles. The van der Waals surface area contributed by atoms with Gasteiger partial charge >= 0.3 is 0 Å². The van der Waals surface area contributed by atoms with E-state index >= 15 is 0 Å². The first kappa shape index (κ1) is 21.5. The van der Waals surface area contributed by atoms with Gasteiger partial charge in [-0.3, -0.25) is 14.6 Å². The van der Waals surface area contributed by atoms with Gasteiger partial charge in [0.05, 0.1) is 4.90 Å². The quantitative estimate of drug-likeness (QED) is 0.648. The van der Waals surface area contributed by atoms with E-state index in [-0.39, 0.29) is 41.6 Å². The van der Waals surface area contributed by atoms with Crippen LogP contribution in [-0.4, -0.2) is 37.8 Å². The van der Waals surface area contributed by atoms with Crippen LogP contribution >= 0.6 is 0 Å². The van der Waals surface area contributed by atoms with Crippen LogP contribution in [0.15, 0.2) is 47.6 Å². The molecule has 31 heavy (non-hydrogen) atoms. The van der Waals surface area contributed by atoms with Gasteiger partial charge in [0.2, 0.25) is 21.8 Å². The Labute approximate surface area is 182 Å².